The SMILES string of the molecule is COc1ccc(CCNC(=O)C(=O)Nc2ccc(Cl)c(C(F)(F)F)c2)cc1. The molecule has 2 aromatic carbocycles. The van der Waals surface area contributed by atoms with Gasteiger partial charge in [-0.15, -0.1) is 0 Å². The van der Waals surface area contributed by atoms with Crippen molar-refractivity contribution < 1.29 is 27.5 Å². The van der Waals surface area contributed by atoms with Crippen molar-refractivity contribution in [3.8, 4) is 5.75 Å². The van der Waals surface area contributed by atoms with Crippen LogP contribution in [0.5, 0.6) is 5.75 Å². The summed E-state index contributed by atoms with van der Waals surface area (Å²) in [5, 5.41) is 4.03. The number of carbonyl (C=O) groups excluding carboxylic acids is 2. The van der Waals surface area contributed by atoms with Crippen LogP contribution >= 0.6 is 11.6 Å². The summed E-state index contributed by atoms with van der Waals surface area (Å²) >= 11 is 5.51. The quantitative estimate of drug-likeness (QED) is 0.753. The molecular formula is C18H16ClF3N2O3. The molecule has 2 amide bonds. The number of amides is 2. The molecule has 0 atom stereocenters. The number of rotatable bonds is 5. The number of benzene rings is 2. The van der Waals surface area contributed by atoms with Crippen molar-refractivity contribution >= 4 is 29.1 Å². The maximum Gasteiger partial charge on any atom is 0.417 e. The van der Waals surface area contributed by atoms with E-state index in [2.05, 4.69) is 10.6 Å². The van der Waals surface area contributed by atoms with Gasteiger partial charge in [0, 0.05) is 12.2 Å². The Labute approximate surface area is 158 Å². The van der Waals surface area contributed by atoms with Gasteiger partial charge in [0.25, 0.3) is 0 Å². The van der Waals surface area contributed by atoms with Crippen LogP contribution in [0.4, 0.5) is 18.9 Å². The topological polar surface area (TPSA) is 67.4 Å². The van der Waals surface area contributed by atoms with Crippen LogP contribution in [0.3, 0.4) is 0 Å². The van der Waals surface area contributed by atoms with Gasteiger partial charge >= 0.3 is 18.0 Å². The largest absolute Gasteiger partial charge is 0.497 e. The Morgan fingerprint density at radius 1 is 1.07 bits per heavy atom. The Bertz CT molecular complexity index is 824. The van der Waals surface area contributed by atoms with E-state index < -0.39 is 28.6 Å². The Hall–Kier alpha value is -2.74. The molecule has 0 aliphatic rings. The summed E-state index contributed by atoms with van der Waals surface area (Å²) < 4.78 is 43.5. The third-order valence-corrected chi connectivity index (χ3v) is 3.92. The summed E-state index contributed by atoms with van der Waals surface area (Å²) in [5.41, 5.74) is -0.354. The average molecular weight is 401 g/mol. The van der Waals surface area contributed by atoms with Crippen LogP contribution < -0.4 is 15.4 Å². The molecule has 2 N–H and O–H groups in total. The minimum absolute atomic E-state index is 0.179. The molecule has 2 aromatic rings. The molecule has 144 valence electrons. The van der Waals surface area contributed by atoms with Gasteiger partial charge in [0.2, 0.25) is 0 Å². The van der Waals surface area contributed by atoms with Crippen molar-refractivity contribution in [2.24, 2.45) is 0 Å². The van der Waals surface area contributed by atoms with Gasteiger partial charge < -0.3 is 15.4 Å². The van der Waals surface area contributed by atoms with E-state index in [1.54, 1.807) is 19.2 Å². The second kappa shape index (κ2) is 8.77. The predicted octanol–water partition coefficient (Wildman–Crippen LogP) is 3.66. The molecule has 0 radical (unpaired) electrons. The molecule has 27 heavy (non-hydrogen) atoms. The van der Waals surface area contributed by atoms with Gasteiger partial charge in [0.05, 0.1) is 17.7 Å². The van der Waals surface area contributed by atoms with E-state index in [0.29, 0.717) is 18.2 Å². The zero-order chi connectivity index (χ0) is 20.0. The molecule has 0 heterocycles. The van der Waals surface area contributed by atoms with Crippen molar-refractivity contribution in [1.29, 1.82) is 0 Å². The van der Waals surface area contributed by atoms with E-state index in [9.17, 15) is 22.8 Å². The second-order valence-corrected chi connectivity index (χ2v) is 5.91. The third kappa shape index (κ3) is 5.89. The number of carbonyl (C=O) groups is 2. The lowest BCUT2D eigenvalue weighted by Gasteiger charge is -2.12. The molecule has 0 saturated heterocycles. The number of methoxy groups -OCH3 is 1. The molecule has 0 bridgehead atoms. The zero-order valence-electron chi connectivity index (χ0n) is 14.2. The number of nitrogens with one attached hydrogen (secondary N) is 2. The smallest absolute Gasteiger partial charge is 0.417 e. The maximum absolute atomic E-state index is 12.8. The van der Waals surface area contributed by atoms with E-state index in [1.807, 2.05) is 12.1 Å². The van der Waals surface area contributed by atoms with E-state index >= 15 is 0 Å². The van der Waals surface area contributed by atoms with E-state index in [-0.39, 0.29) is 12.2 Å². The normalized spacial score (nSPS) is 11.0. The highest BCUT2D eigenvalue weighted by Gasteiger charge is 2.33. The Balaban J connectivity index is 1.89. The molecule has 0 spiro atoms. The van der Waals surface area contributed by atoms with Gasteiger partial charge in [0.1, 0.15) is 5.75 Å². The molecule has 0 aromatic heterocycles. The Morgan fingerprint density at radius 3 is 2.33 bits per heavy atom. The van der Waals surface area contributed by atoms with Gasteiger partial charge in [-0.1, -0.05) is 23.7 Å². The van der Waals surface area contributed by atoms with Crippen molar-refractivity contribution in [3.05, 3.63) is 58.6 Å². The third-order valence-electron chi connectivity index (χ3n) is 3.59. The van der Waals surface area contributed by atoms with Crippen molar-refractivity contribution in [1.82, 2.24) is 5.32 Å². The van der Waals surface area contributed by atoms with Gasteiger partial charge in [0.15, 0.2) is 0 Å². The fraction of sp³-hybridized carbons (Fsp3) is 0.222. The van der Waals surface area contributed by atoms with Gasteiger partial charge in [-0.2, -0.15) is 13.2 Å². The van der Waals surface area contributed by atoms with Crippen molar-refractivity contribution in [3.63, 3.8) is 0 Å². The van der Waals surface area contributed by atoms with Crippen LogP contribution in [0.15, 0.2) is 42.5 Å². The summed E-state index contributed by atoms with van der Waals surface area (Å²) in [7, 11) is 1.55. The van der Waals surface area contributed by atoms with Crippen molar-refractivity contribution in [2.75, 3.05) is 19.0 Å². The first-order chi connectivity index (χ1) is 12.7. The molecule has 0 fully saturated rings. The highest BCUT2D eigenvalue weighted by atomic mass is 35.5. The lowest BCUT2D eigenvalue weighted by atomic mass is 10.1. The summed E-state index contributed by atoms with van der Waals surface area (Å²) in [6, 6.07) is 10.0. The van der Waals surface area contributed by atoms with Crippen LogP contribution in [-0.2, 0) is 22.2 Å². The average Bonchev–Trinajstić information content (AvgIpc) is 2.62. The highest BCUT2D eigenvalue weighted by Crippen LogP contribution is 2.36. The lowest BCUT2D eigenvalue weighted by molar-refractivity contribution is -0.137. The fourth-order valence-corrected chi connectivity index (χ4v) is 2.43. The van der Waals surface area contributed by atoms with Gasteiger partial charge in [-0.25, -0.2) is 0 Å². The van der Waals surface area contributed by atoms with Crippen LogP contribution in [0, 0.1) is 0 Å². The summed E-state index contributed by atoms with van der Waals surface area (Å²) in [6.45, 7) is 0.188. The van der Waals surface area contributed by atoms with Crippen LogP contribution in [0.25, 0.3) is 0 Å². The minimum Gasteiger partial charge on any atom is -0.497 e. The van der Waals surface area contributed by atoms with Crippen LogP contribution in [0.2, 0.25) is 5.02 Å². The molecule has 0 saturated carbocycles. The number of alkyl halides is 3. The molecule has 9 heteroatoms. The molecule has 0 unspecified atom stereocenters. The number of ether oxygens (including phenoxy) is 1. The molecule has 5 nitrogen and oxygen atoms in total. The number of hydrogen-bond donors (Lipinski definition) is 2. The Kier molecular flexibility index (Phi) is 6.68. The highest BCUT2D eigenvalue weighted by molar-refractivity contribution is 6.39. The van der Waals surface area contributed by atoms with E-state index in [1.165, 1.54) is 6.07 Å². The van der Waals surface area contributed by atoms with Crippen LogP contribution in [0.1, 0.15) is 11.1 Å². The number of hydrogen-bond acceptors (Lipinski definition) is 3. The van der Waals surface area contributed by atoms with Crippen molar-refractivity contribution in [2.45, 2.75) is 12.6 Å². The first-order valence-electron chi connectivity index (χ1n) is 7.79. The fourth-order valence-electron chi connectivity index (χ4n) is 2.20. The monoisotopic (exact) mass is 400 g/mol. The molecule has 2 rings (SSSR count). The first kappa shape index (κ1) is 20.6. The van der Waals surface area contributed by atoms with Gasteiger partial charge in [-0.3, -0.25) is 9.59 Å². The lowest BCUT2D eigenvalue weighted by Crippen LogP contribution is -2.36. The minimum atomic E-state index is -4.67. The Morgan fingerprint density at radius 2 is 1.74 bits per heavy atom. The summed E-state index contributed by atoms with van der Waals surface area (Å²) in [6.07, 6.45) is -4.19. The summed E-state index contributed by atoms with van der Waals surface area (Å²) in [4.78, 5) is 23.6. The molecule has 0 aliphatic heterocycles. The number of anilines is 1. The standard InChI is InChI=1S/C18H16ClF3N2O3/c1-27-13-5-2-11(3-6-13)8-9-23-16(25)17(26)24-12-4-7-15(19)14(10-12)18(20,21)22/h2-7,10H,8-9H2,1H3,(H,23,25)(H,24,26). The molecular weight excluding hydrogens is 385 g/mol. The molecule has 0 aliphatic carbocycles. The zero-order valence-corrected chi connectivity index (χ0v) is 14.9. The second-order valence-electron chi connectivity index (χ2n) is 5.50. The van der Waals surface area contributed by atoms with Crippen LogP contribution in [-0.4, -0.2) is 25.5 Å². The van der Waals surface area contributed by atoms with Gasteiger partial charge in [-0.05, 0) is 42.3 Å². The first-order valence-corrected chi connectivity index (χ1v) is 8.17. The number of halogens is 4. The summed E-state index contributed by atoms with van der Waals surface area (Å²) in [5.74, 6) is -1.32. The van der Waals surface area contributed by atoms with E-state index in [4.69, 9.17) is 16.3 Å². The predicted molar refractivity (Wildman–Crippen MR) is 94.8 cm³/mol. The maximum atomic E-state index is 12.8. The van der Waals surface area contributed by atoms with E-state index in [0.717, 1.165) is 11.6 Å².